The molecule has 9 heteroatoms. The Morgan fingerprint density at radius 3 is 2.56 bits per heavy atom. The molecule has 0 saturated carbocycles. The van der Waals surface area contributed by atoms with Gasteiger partial charge in [-0.2, -0.15) is 0 Å². The van der Waals surface area contributed by atoms with Gasteiger partial charge >= 0.3 is 6.03 Å². The molecular formula is C18H12BrN3O5. The third-order valence-corrected chi connectivity index (χ3v) is 4.40. The number of hydrogen-bond acceptors (Lipinski definition) is 5. The van der Waals surface area contributed by atoms with Crippen LogP contribution in [0.5, 0.6) is 0 Å². The van der Waals surface area contributed by atoms with Crippen LogP contribution in [0.3, 0.4) is 0 Å². The van der Waals surface area contributed by atoms with E-state index in [4.69, 9.17) is 0 Å². The summed E-state index contributed by atoms with van der Waals surface area (Å²) in [5, 5.41) is 13.2. The first-order valence-electron chi connectivity index (χ1n) is 7.70. The zero-order chi connectivity index (χ0) is 19.7. The van der Waals surface area contributed by atoms with Crippen LogP contribution < -0.4 is 10.2 Å². The molecule has 0 aromatic heterocycles. The first-order chi connectivity index (χ1) is 12.8. The van der Waals surface area contributed by atoms with Crippen LogP contribution in [-0.4, -0.2) is 22.8 Å². The molecule has 1 aliphatic rings. The average molecular weight is 430 g/mol. The molecule has 27 heavy (non-hydrogen) atoms. The highest BCUT2D eigenvalue weighted by molar-refractivity contribution is 9.10. The van der Waals surface area contributed by atoms with E-state index in [-0.39, 0.29) is 16.9 Å². The number of nitro groups is 1. The van der Waals surface area contributed by atoms with Crippen molar-refractivity contribution in [2.45, 2.75) is 6.92 Å². The summed E-state index contributed by atoms with van der Waals surface area (Å²) in [6, 6.07) is 9.95. The van der Waals surface area contributed by atoms with Crippen LogP contribution >= 0.6 is 15.9 Å². The van der Waals surface area contributed by atoms with Crippen molar-refractivity contribution in [1.29, 1.82) is 0 Å². The Labute approximate surface area is 161 Å². The number of nitrogens with one attached hydrogen (secondary N) is 1. The Kier molecular flexibility index (Phi) is 4.87. The number of urea groups is 1. The zero-order valence-corrected chi connectivity index (χ0v) is 15.5. The molecule has 0 bridgehead atoms. The quantitative estimate of drug-likeness (QED) is 0.348. The van der Waals surface area contributed by atoms with E-state index in [0.29, 0.717) is 15.6 Å². The highest BCUT2D eigenvalue weighted by Gasteiger charge is 2.36. The maximum Gasteiger partial charge on any atom is 0.335 e. The molecule has 4 amide bonds. The van der Waals surface area contributed by atoms with E-state index in [1.807, 2.05) is 0 Å². The summed E-state index contributed by atoms with van der Waals surface area (Å²) in [6.45, 7) is 1.58. The van der Waals surface area contributed by atoms with E-state index in [9.17, 15) is 24.5 Å². The highest BCUT2D eigenvalue weighted by Crippen LogP contribution is 2.26. The van der Waals surface area contributed by atoms with Crippen LogP contribution in [0.1, 0.15) is 11.1 Å². The molecule has 1 heterocycles. The van der Waals surface area contributed by atoms with Crippen LogP contribution in [0.15, 0.2) is 52.5 Å². The number of anilines is 1. The normalized spacial score (nSPS) is 15.9. The number of amides is 4. The number of aryl methyl sites for hydroxylation is 1. The summed E-state index contributed by atoms with van der Waals surface area (Å²) in [7, 11) is 0. The third-order valence-electron chi connectivity index (χ3n) is 3.91. The lowest BCUT2D eigenvalue weighted by Crippen LogP contribution is -2.54. The van der Waals surface area contributed by atoms with E-state index in [1.54, 1.807) is 37.3 Å². The summed E-state index contributed by atoms with van der Waals surface area (Å²) < 4.78 is 0.650. The fourth-order valence-corrected chi connectivity index (χ4v) is 2.97. The first-order valence-corrected chi connectivity index (χ1v) is 8.49. The molecule has 8 nitrogen and oxygen atoms in total. The van der Waals surface area contributed by atoms with Crippen molar-refractivity contribution in [3.8, 4) is 0 Å². The number of rotatable bonds is 3. The molecule has 1 N–H and O–H groups in total. The van der Waals surface area contributed by atoms with Crippen LogP contribution in [-0.2, 0) is 9.59 Å². The lowest BCUT2D eigenvalue weighted by Gasteiger charge is -2.26. The van der Waals surface area contributed by atoms with Gasteiger partial charge in [0.1, 0.15) is 5.57 Å². The van der Waals surface area contributed by atoms with Gasteiger partial charge in [0.05, 0.1) is 10.6 Å². The Bertz CT molecular complexity index is 1030. The summed E-state index contributed by atoms with van der Waals surface area (Å²) in [6.07, 6.45) is 1.22. The number of barbiturate groups is 1. The first kappa shape index (κ1) is 18.5. The Morgan fingerprint density at radius 2 is 1.89 bits per heavy atom. The smallest absolute Gasteiger partial charge is 0.273 e. The standard InChI is InChI=1S/C18H12BrN3O5/c1-10-5-6-11(8-15(10)22(26)27)7-14-16(23)20-18(25)21(17(14)24)13-4-2-3-12(19)9-13/h2-9H,1H3,(H,20,23,25)/b14-7-. The van der Waals surface area contributed by atoms with Crippen LogP contribution in [0.2, 0.25) is 0 Å². The summed E-state index contributed by atoms with van der Waals surface area (Å²) in [5.74, 6) is -1.68. The van der Waals surface area contributed by atoms with Crippen LogP contribution in [0.25, 0.3) is 6.08 Å². The highest BCUT2D eigenvalue weighted by atomic mass is 79.9. The second-order valence-electron chi connectivity index (χ2n) is 5.74. The maximum absolute atomic E-state index is 12.8. The van der Waals surface area contributed by atoms with Gasteiger partial charge in [0.2, 0.25) is 0 Å². The average Bonchev–Trinajstić information content (AvgIpc) is 2.59. The van der Waals surface area contributed by atoms with Gasteiger partial charge in [-0.05, 0) is 36.8 Å². The minimum Gasteiger partial charge on any atom is -0.273 e. The van der Waals surface area contributed by atoms with E-state index in [2.05, 4.69) is 21.2 Å². The predicted molar refractivity (Wildman–Crippen MR) is 101 cm³/mol. The van der Waals surface area contributed by atoms with E-state index >= 15 is 0 Å². The molecule has 0 unspecified atom stereocenters. The molecule has 1 fully saturated rings. The van der Waals surface area contributed by atoms with E-state index < -0.39 is 22.8 Å². The molecule has 2 aromatic rings. The number of imide groups is 2. The molecular weight excluding hydrogens is 418 g/mol. The van der Waals surface area contributed by atoms with Crippen molar-refractivity contribution in [2.75, 3.05) is 4.90 Å². The molecule has 2 aromatic carbocycles. The molecule has 1 saturated heterocycles. The van der Waals surface area contributed by atoms with Crippen molar-refractivity contribution >= 4 is 51.2 Å². The van der Waals surface area contributed by atoms with Gasteiger partial charge < -0.3 is 0 Å². The largest absolute Gasteiger partial charge is 0.335 e. The number of carbonyl (C=O) groups is 3. The van der Waals surface area contributed by atoms with Gasteiger partial charge in [-0.15, -0.1) is 0 Å². The number of nitro benzene ring substituents is 1. The SMILES string of the molecule is Cc1ccc(/C=C2/C(=O)NC(=O)N(c3cccc(Br)c3)C2=O)cc1[N+](=O)[O-]. The molecule has 3 rings (SSSR count). The summed E-state index contributed by atoms with van der Waals surface area (Å²) in [4.78, 5) is 48.5. The fourth-order valence-electron chi connectivity index (χ4n) is 2.59. The molecule has 0 aliphatic carbocycles. The lowest BCUT2D eigenvalue weighted by molar-refractivity contribution is -0.385. The number of nitrogens with zero attached hydrogens (tertiary/aromatic N) is 2. The predicted octanol–water partition coefficient (Wildman–Crippen LogP) is 3.33. The lowest BCUT2D eigenvalue weighted by atomic mass is 10.0. The second-order valence-corrected chi connectivity index (χ2v) is 6.66. The third kappa shape index (κ3) is 3.63. The minimum atomic E-state index is -0.866. The minimum absolute atomic E-state index is 0.132. The van der Waals surface area contributed by atoms with Gasteiger partial charge in [0.15, 0.2) is 0 Å². The second kappa shape index (κ2) is 7.12. The number of benzene rings is 2. The molecule has 0 radical (unpaired) electrons. The number of halogens is 1. The van der Waals surface area contributed by atoms with Crippen molar-refractivity contribution in [3.05, 3.63) is 73.8 Å². The van der Waals surface area contributed by atoms with Crippen LogP contribution in [0, 0.1) is 17.0 Å². The monoisotopic (exact) mass is 429 g/mol. The number of hydrogen-bond donors (Lipinski definition) is 1. The van der Waals surface area contributed by atoms with Gasteiger partial charge in [0, 0.05) is 16.1 Å². The van der Waals surface area contributed by atoms with Gasteiger partial charge in [-0.3, -0.25) is 25.0 Å². The maximum atomic E-state index is 12.8. The summed E-state index contributed by atoms with van der Waals surface area (Å²) >= 11 is 3.26. The molecule has 1 aliphatic heterocycles. The Morgan fingerprint density at radius 1 is 1.15 bits per heavy atom. The van der Waals surface area contributed by atoms with Crippen molar-refractivity contribution in [3.63, 3.8) is 0 Å². The molecule has 0 spiro atoms. The zero-order valence-electron chi connectivity index (χ0n) is 13.9. The Hall–Kier alpha value is -3.33. The van der Waals surface area contributed by atoms with Gasteiger partial charge in [0.25, 0.3) is 17.5 Å². The van der Waals surface area contributed by atoms with E-state index in [0.717, 1.165) is 4.90 Å². The van der Waals surface area contributed by atoms with Crippen LogP contribution in [0.4, 0.5) is 16.2 Å². The van der Waals surface area contributed by atoms with Gasteiger partial charge in [-0.25, -0.2) is 9.69 Å². The van der Waals surface area contributed by atoms with Crippen molar-refractivity contribution in [2.24, 2.45) is 0 Å². The Balaban J connectivity index is 2.04. The molecule has 0 atom stereocenters. The van der Waals surface area contributed by atoms with Crippen molar-refractivity contribution < 1.29 is 19.3 Å². The fraction of sp³-hybridized carbons (Fsp3) is 0.0556. The van der Waals surface area contributed by atoms with E-state index in [1.165, 1.54) is 18.2 Å². The van der Waals surface area contributed by atoms with Gasteiger partial charge in [-0.1, -0.05) is 34.1 Å². The van der Waals surface area contributed by atoms with Crippen molar-refractivity contribution in [1.82, 2.24) is 5.32 Å². The molecule has 136 valence electrons. The summed E-state index contributed by atoms with van der Waals surface area (Å²) in [5.41, 5.74) is 0.600. The topological polar surface area (TPSA) is 110 Å². The number of carbonyl (C=O) groups excluding carboxylic acids is 3.